The molecule has 1 atom stereocenters. The third-order valence-electron chi connectivity index (χ3n) is 16.5. The molecular weight excluding hydrogens is 1000 g/mol. The van der Waals surface area contributed by atoms with Gasteiger partial charge in [-0.1, -0.05) is 363 Å². The van der Waals surface area contributed by atoms with Crippen LogP contribution in [0.1, 0.15) is 386 Å². The van der Waals surface area contributed by atoms with Crippen LogP contribution in [0.15, 0.2) is 72.9 Å². The number of hydrogen-bond acceptors (Lipinski definition) is 5. The monoisotopic (exact) mass is 1150 g/mol. The fourth-order valence-electron chi connectivity index (χ4n) is 11.1. The van der Waals surface area contributed by atoms with Gasteiger partial charge in [-0.15, -0.1) is 0 Å². The Labute approximate surface area is 512 Å². The minimum Gasteiger partial charge on any atom is -0.462 e. The van der Waals surface area contributed by atoms with Gasteiger partial charge in [0.2, 0.25) is 0 Å². The molecule has 0 bridgehead atoms. The van der Waals surface area contributed by atoms with E-state index in [9.17, 15) is 14.7 Å². The lowest BCUT2D eigenvalue weighted by Crippen LogP contribution is -2.28. The Bertz CT molecular complexity index is 1440. The highest BCUT2D eigenvalue weighted by atomic mass is 16.6. The molecular formula is C77H140O5. The Morgan fingerprint density at radius 2 is 0.524 bits per heavy atom. The van der Waals surface area contributed by atoms with E-state index in [1.165, 1.54) is 289 Å². The minimum absolute atomic E-state index is 0.0615. The molecule has 0 radical (unpaired) electrons. The summed E-state index contributed by atoms with van der Waals surface area (Å²) >= 11 is 0. The number of hydrogen-bond donors (Lipinski definition) is 1. The van der Waals surface area contributed by atoms with Gasteiger partial charge in [0.15, 0.2) is 6.10 Å². The number of aliphatic hydroxyl groups is 1. The van der Waals surface area contributed by atoms with Gasteiger partial charge in [0, 0.05) is 12.8 Å². The van der Waals surface area contributed by atoms with E-state index in [2.05, 4.69) is 86.8 Å². The summed E-state index contributed by atoms with van der Waals surface area (Å²) in [6.07, 6.45) is 101. The number of unbranched alkanes of at least 4 members (excludes halogenated alkanes) is 48. The summed E-state index contributed by atoms with van der Waals surface area (Å²) in [5.41, 5.74) is 0. The molecule has 0 aromatic carbocycles. The minimum atomic E-state index is -0.773. The second-order valence-corrected chi connectivity index (χ2v) is 24.6. The molecule has 1 N–H and O–H groups in total. The predicted octanol–water partition coefficient (Wildman–Crippen LogP) is 25.4. The Morgan fingerprint density at radius 3 is 0.805 bits per heavy atom. The highest BCUT2D eigenvalue weighted by molar-refractivity contribution is 5.70. The van der Waals surface area contributed by atoms with E-state index in [1.807, 2.05) is 0 Å². The smallest absolute Gasteiger partial charge is 0.306 e. The van der Waals surface area contributed by atoms with Crippen molar-refractivity contribution in [3.8, 4) is 0 Å². The van der Waals surface area contributed by atoms with E-state index >= 15 is 0 Å². The molecule has 0 spiro atoms. The summed E-state index contributed by atoms with van der Waals surface area (Å²) < 4.78 is 10.8. The number of ether oxygens (including phenoxy) is 2. The fourth-order valence-corrected chi connectivity index (χ4v) is 11.1. The molecule has 0 saturated heterocycles. The summed E-state index contributed by atoms with van der Waals surface area (Å²) in [5.74, 6) is -0.569. The summed E-state index contributed by atoms with van der Waals surface area (Å²) in [6.45, 7) is 4.08. The van der Waals surface area contributed by atoms with Gasteiger partial charge in [0.05, 0.1) is 6.61 Å². The average Bonchev–Trinajstić information content (AvgIpc) is 3.49. The summed E-state index contributed by atoms with van der Waals surface area (Å²) in [6, 6.07) is 0. The van der Waals surface area contributed by atoms with Crippen molar-refractivity contribution in [2.45, 2.75) is 392 Å². The quantitative estimate of drug-likeness (QED) is 0.0373. The molecule has 0 aliphatic heterocycles. The molecule has 5 heteroatoms. The van der Waals surface area contributed by atoms with Crippen molar-refractivity contribution < 1.29 is 24.2 Å². The topological polar surface area (TPSA) is 72.8 Å². The fraction of sp³-hybridized carbons (Fsp3) is 0.818. The van der Waals surface area contributed by atoms with Crippen LogP contribution in [0.4, 0.5) is 0 Å². The van der Waals surface area contributed by atoms with Crippen molar-refractivity contribution in [1.29, 1.82) is 0 Å². The predicted molar refractivity (Wildman–Crippen MR) is 362 cm³/mol. The van der Waals surface area contributed by atoms with Gasteiger partial charge in [-0.2, -0.15) is 0 Å². The highest BCUT2D eigenvalue weighted by Crippen LogP contribution is 2.19. The SMILES string of the molecule is CC/C=C\C/C=C\C/C=C\C/C=C\C/C=C\CCCCCCCCCCCCCCCCCCCCCC(=O)OC(CO)COC(=O)CCCCCCCCCCCCCCCCCCCCCCC/C=C\CCCCCCCCCC. The van der Waals surface area contributed by atoms with Gasteiger partial charge < -0.3 is 14.6 Å². The molecule has 0 aromatic rings. The second-order valence-electron chi connectivity index (χ2n) is 24.6. The largest absolute Gasteiger partial charge is 0.462 e. The maximum atomic E-state index is 12.4. The van der Waals surface area contributed by atoms with Crippen LogP contribution in [0.3, 0.4) is 0 Å². The van der Waals surface area contributed by atoms with Crippen molar-refractivity contribution in [2.24, 2.45) is 0 Å². The molecule has 82 heavy (non-hydrogen) atoms. The van der Waals surface area contributed by atoms with Crippen LogP contribution >= 0.6 is 0 Å². The first-order chi connectivity index (χ1) is 40.6. The second kappa shape index (κ2) is 72.6. The van der Waals surface area contributed by atoms with E-state index in [-0.39, 0.29) is 25.2 Å². The van der Waals surface area contributed by atoms with Crippen LogP contribution in [-0.2, 0) is 19.1 Å². The lowest BCUT2D eigenvalue weighted by Gasteiger charge is -2.15. The van der Waals surface area contributed by atoms with Gasteiger partial charge >= 0.3 is 11.9 Å². The van der Waals surface area contributed by atoms with Crippen LogP contribution in [0.2, 0.25) is 0 Å². The zero-order valence-electron chi connectivity index (χ0n) is 55.0. The molecule has 0 heterocycles. The first kappa shape index (κ1) is 79.3. The van der Waals surface area contributed by atoms with Crippen molar-refractivity contribution in [1.82, 2.24) is 0 Å². The van der Waals surface area contributed by atoms with Crippen molar-refractivity contribution >= 4 is 11.9 Å². The lowest BCUT2D eigenvalue weighted by atomic mass is 10.0. The molecule has 1 unspecified atom stereocenters. The van der Waals surface area contributed by atoms with Crippen LogP contribution in [0.5, 0.6) is 0 Å². The van der Waals surface area contributed by atoms with Crippen LogP contribution in [0, 0.1) is 0 Å². The van der Waals surface area contributed by atoms with E-state index < -0.39 is 6.10 Å². The standard InChI is InChI=1S/C77H140O5/c1-3-5-7-9-11-13-15-17-19-21-23-25-27-29-31-33-35-37-38-40-42-44-46-48-50-52-54-56-58-60-62-64-66-68-70-72-77(80)82-75(73-78)74-81-76(79)71-69-67-65-63-61-59-57-55-53-51-49-47-45-43-41-39-36-34-32-30-28-26-24-22-20-18-16-14-12-10-8-6-4-2/h5,7,11,13,17,19,22-25,29,31,75,78H,3-4,6,8-10,12,14-16,18,20-21,26-28,30,32-74H2,1-2H3/b7-5-,13-11-,19-17-,24-22-,25-23-,31-29-. The normalized spacial score (nSPS) is 12.6. The molecule has 0 saturated carbocycles. The average molecular weight is 1150 g/mol. The van der Waals surface area contributed by atoms with Crippen molar-refractivity contribution in [3.05, 3.63) is 72.9 Å². The van der Waals surface area contributed by atoms with Gasteiger partial charge in [-0.3, -0.25) is 9.59 Å². The van der Waals surface area contributed by atoms with Gasteiger partial charge in [-0.05, 0) is 83.5 Å². The maximum Gasteiger partial charge on any atom is 0.306 e. The first-order valence-corrected chi connectivity index (χ1v) is 36.5. The van der Waals surface area contributed by atoms with Gasteiger partial charge in [0.25, 0.3) is 0 Å². The maximum absolute atomic E-state index is 12.4. The number of rotatable bonds is 68. The van der Waals surface area contributed by atoms with Crippen LogP contribution < -0.4 is 0 Å². The number of aliphatic hydroxyl groups excluding tert-OH is 1. The van der Waals surface area contributed by atoms with Gasteiger partial charge in [-0.25, -0.2) is 0 Å². The zero-order valence-corrected chi connectivity index (χ0v) is 55.0. The van der Waals surface area contributed by atoms with Crippen molar-refractivity contribution in [3.63, 3.8) is 0 Å². The number of carbonyl (C=O) groups is 2. The number of carbonyl (C=O) groups excluding carboxylic acids is 2. The van der Waals surface area contributed by atoms with Gasteiger partial charge in [0.1, 0.15) is 6.61 Å². The molecule has 0 aromatic heterocycles. The van der Waals surface area contributed by atoms with E-state index in [1.54, 1.807) is 0 Å². The molecule has 0 fully saturated rings. The molecule has 478 valence electrons. The summed E-state index contributed by atoms with van der Waals surface area (Å²) in [5, 5.41) is 9.71. The molecule has 0 amide bonds. The first-order valence-electron chi connectivity index (χ1n) is 36.5. The Morgan fingerprint density at radius 1 is 0.293 bits per heavy atom. The van der Waals surface area contributed by atoms with Crippen LogP contribution in [-0.4, -0.2) is 36.4 Å². The Kier molecular flexibility index (Phi) is 70.2. The van der Waals surface area contributed by atoms with E-state index in [0.29, 0.717) is 12.8 Å². The third kappa shape index (κ3) is 69.8. The van der Waals surface area contributed by atoms with E-state index in [0.717, 1.165) is 70.6 Å². The number of esters is 2. The Balaban J connectivity index is 3.40. The lowest BCUT2D eigenvalue weighted by molar-refractivity contribution is -0.161. The van der Waals surface area contributed by atoms with Crippen LogP contribution in [0.25, 0.3) is 0 Å². The zero-order chi connectivity index (χ0) is 59.1. The van der Waals surface area contributed by atoms with Crippen molar-refractivity contribution in [2.75, 3.05) is 13.2 Å². The molecule has 0 aliphatic carbocycles. The number of allylic oxidation sites excluding steroid dienone is 12. The van der Waals surface area contributed by atoms with E-state index in [4.69, 9.17) is 9.47 Å². The summed E-state index contributed by atoms with van der Waals surface area (Å²) in [4.78, 5) is 24.7. The highest BCUT2D eigenvalue weighted by Gasteiger charge is 2.16. The third-order valence-corrected chi connectivity index (χ3v) is 16.5. The Hall–Kier alpha value is -2.66. The molecule has 0 aliphatic rings. The molecule has 5 nitrogen and oxygen atoms in total. The molecule has 0 rings (SSSR count). The summed E-state index contributed by atoms with van der Waals surface area (Å²) in [7, 11) is 0.